The van der Waals surface area contributed by atoms with Gasteiger partial charge in [-0.25, -0.2) is 0 Å². The molecule has 0 atom stereocenters. The smallest absolute Gasteiger partial charge is 4.00 e. The van der Waals surface area contributed by atoms with Gasteiger partial charge in [0, 0.05) is 0 Å². The molecule has 0 N–H and O–H groups in total. The molecule has 0 radical (unpaired) electrons. The largest absolute Gasteiger partial charge is 4.00 e. The van der Waals surface area contributed by atoms with Gasteiger partial charge in [-0.05, 0) is 0 Å². The van der Waals surface area contributed by atoms with E-state index in [1.807, 2.05) is 0 Å². The SMILES string of the molecule is [Ba+2].[Ca+2].[O]=[Zr]([O-])[O-].[O]=[Zr]([O-])[O-].[O]=[Zr]([O-])[O-].[O]=[Zr]([O-])[O-].[O]=[Zr]([O-])[O-].[O]=[Zr]([O-])[O-].[Ti+4].[Ti+4]. The second-order valence-corrected chi connectivity index (χ2v) is 8.87. The monoisotopic (exact) mass is 1100 g/mol. The van der Waals surface area contributed by atoms with Crippen LogP contribution in [0.4, 0.5) is 0 Å². The van der Waals surface area contributed by atoms with Gasteiger partial charge in [0.05, 0.1) is 0 Å². The molecule has 0 saturated heterocycles. The fourth-order valence-electron chi connectivity index (χ4n) is 0. The van der Waals surface area contributed by atoms with Crippen molar-refractivity contribution in [3.63, 3.8) is 0 Å². The third kappa shape index (κ3) is 590. The molecule has 0 heterocycles. The maximum atomic E-state index is 8.61. The Morgan fingerprint density at radius 3 is 0.321 bits per heavy atom. The molecule has 144 valence electrons. The van der Waals surface area contributed by atoms with Crippen molar-refractivity contribution >= 4 is 86.6 Å². The summed E-state index contributed by atoms with van der Waals surface area (Å²) in [7, 11) is 0. The van der Waals surface area contributed by atoms with Gasteiger partial charge in [-0.3, -0.25) is 0 Å². The first-order valence-corrected chi connectivity index (χ1v) is 21.7. The van der Waals surface area contributed by atoms with Crippen LogP contribution in [0.3, 0.4) is 0 Å². The van der Waals surface area contributed by atoms with Crippen LogP contribution in [0.5, 0.6) is 0 Å². The standard InChI is InChI=1S/Ba.Ca.18O.2Ti.6Zr/q2*+2;;;;;;;12*-1;2*+4;;;;;;. The Bertz CT molecular complexity index is 273. The molecule has 0 aliphatic carbocycles. The summed E-state index contributed by atoms with van der Waals surface area (Å²) >= 11 is -25.8. The van der Waals surface area contributed by atoms with E-state index in [0.29, 0.717) is 0 Å². The topological polar surface area (TPSA) is 379 Å². The molecule has 0 aromatic heterocycles. The maximum absolute atomic E-state index is 8.61. The first-order valence-electron chi connectivity index (χ1n) is 3.67. The summed E-state index contributed by atoms with van der Waals surface area (Å²) < 4.78 is 155. The van der Waals surface area contributed by atoms with Gasteiger partial charge < -0.3 is 0 Å². The van der Waals surface area contributed by atoms with E-state index >= 15 is 0 Å². The number of hydrogen-bond acceptors (Lipinski definition) is 18. The Morgan fingerprint density at radius 2 is 0.321 bits per heavy atom. The van der Waals surface area contributed by atoms with Crippen molar-refractivity contribution in [2.75, 3.05) is 0 Å². The van der Waals surface area contributed by atoms with Crippen LogP contribution in [0.1, 0.15) is 0 Å². The van der Waals surface area contributed by atoms with Gasteiger partial charge in [0.1, 0.15) is 0 Å². The Balaban J connectivity index is -0.0000000169. The molecule has 0 aliphatic heterocycles. The normalized spacial score (nSPS) is 5.57. The fourth-order valence-corrected chi connectivity index (χ4v) is 0. The van der Waals surface area contributed by atoms with Gasteiger partial charge in [0.2, 0.25) is 0 Å². The molecule has 0 fully saturated rings. The Hall–Kier alpha value is 7.88. The average Bonchev–Trinajstić information content (AvgIpc) is 2.08. The van der Waals surface area contributed by atoms with Crippen molar-refractivity contribution in [3.05, 3.63) is 0 Å². The van der Waals surface area contributed by atoms with Gasteiger partial charge in [-0.1, -0.05) is 0 Å². The number of hydrogen-bond donors (Lipinski definition) is 0. The minimum atomic E-state index is -4.29. The molecule has 0 aromatic rings. The molecule has 28 heteroatoms. The summed E-state index contributed by atoms with van der Waals surface area (Å²) in [4.78, 5) is 0. The van der Waals surface area contributed by atoms with Crippen molar-refractivity contribution < 1.29 is 234 Å². The van der Waals surface area contributed by atoms with E-state index in [-0.39, 0.29) is 130 Å². The zero-order valence-electron chi connectivity index (χ0n) is 12.8. The molecule has 0 aliphatic rings. The van der Waals surface area contributed by atoms with Crippen molar-refractivity contribution in [2.24, 2.45) is 0 Å². The zero-order valence-corrected chi connectivity index (χ0v) is 37.3. The van der Waals surface area contributed by atoms with E-state index in [2.05, 4.69) is 0 Å². The second-order valence-electron chi connectivity index (χ2n) is 1.50. The van der Waals surface area contributed by atoms with Crippen LogP contribution in [0.15, 0.2) is 0 Å². The fraction of sp³-hybridized carbons (Fsp3) is 0. The van der Waals surface area contributed by atoms with Gasteiger partial charge in [0.15, 0.2) is 0 Å². The molecule has 0 amide bonds. The van der Waals surface area contributed by atoms with E-state index in [1.165, 1.54) is 0 Å². The molecule has 0 bridgehead atoms. The predicted octanol–water partition coefficient (Wildman–Crippen LogP) is -15.8. The van der Waals surface area contributed by atoms with Crippen LogP contribution < -0.4 is 38.2 Å². The molecule has 18 nitrogen and oxygen atoms in total. The van der Waals surface area contributed by atoms with E-state index < -0.39 is 136 Å². The summed E-state index contributed by atoms with van der Waals surface area (Å²) in [6, 6.07) is 0. The van der Waals surface area contributed by atoms with Crippen molar-refractivity contribution in [3.8, 4) is 0 Å². The summed E-state index contributed by atoms with van der Waals surface area (Å²) in [6.45, 7) is 0. The number of rotatable bonds is 0. The van der Waals surface area contributed by atoms with E-state index in [4.69, 9.17) is 55.1 Å². The molecule has 0 unspecified atom stereocenters. The van der Waals surface area contributed by atoms with Crippen LogP contribution >= 0.6 is 0 Å². The second kappa shape index (κ2) is 59.8. The average molecular weight is 1110 g/mol. The van der Waals surface area contributed by atoms with E-state index in [9.17, 15) is 0 Å². The van der Waals surface area contributed by atoms with Crippen molar-refractivity contribution in [2.45, 2.75) is 0 Å². The van der Waals surface area contributed by atoms with E-state index in [1.54, 1.807) is 0 Å². The van der Waals surface area contributed by atoms with Gasteiger partial charge in [0.25, 0.3) is 0 Å². The predicted molar refractivity (Wildman–Crippen MR) is 15.6 cm³/mol. The van der Waals surface area contributed by atoms with Gasteiger partial charge in [-0.15, -0.1) is 0 Å². The van der Waals surface area contributed by atoms with Crippen LogP contribution in [-0.2, 0) is 196 Å². The zero-order chi connectivity index (χ0) is 21.5. The molecule has 0 rings (SSSR count). The van der Waals surface area contributed by atoms with E-state index in [0.717, 1.165) is 0 Å². The summed E-state index contributed by atoms with van der Waals surface area (Å²) in [5, 5.41) is 0. The summed E-state index contributed by atoms with van der Waals surface area (Å²) in [6.07, 6.45) is 0. The summed E-state index contributed by atoms with van der Waals surface area (Å²) in [5.74, 6) is 0. The minimum Gasteiger partial charge on any atom is 4.00 e. The van der Waals surface area contributed by atoms with Crippen molar-refractivity contribution in [1.82, 2.24) is 0 Å². The van der Waals surface area contributed by atoms with Gasteiger partial charge in [-0.2, -0.15) is 0 Å². The molecule has 28 heavy (non-hydrogen) atoms. The van der Waals surface area contributed by atoms with Crippen LogP contribution in [0.25, 0.3) is 0 Å². The van der Waals surface area contributed by atoms with Crippen LogP contribution in [0, 0.1) is 0 Å². The summed E-state index contributed by atoms with van der Waals surface area (Å²) in [5.41, 5.74) is 0. The third-order valence-electron chi connectivity index (χ3n) is 0. The molecule has 0 spiro atoms. The maximum Gasteiger partial charge on any atom is 4.00 e. The first kappa shape index (κ1) is 65.2. The minimum absolute atomic E-state index is 0. The Kier molecular flexibility index (Phi) is 139. The molecule has 0 saturated carbocycles. The Labute approximate surface area is 311 Å². The first-order chi connectivity index (χ1) is 10.4. The van der Waals surface area contributed by atoms with Crippen LogP contribution in [0.2, 0.25) is 0 Å². The van der Waals surface area contributed by atoms with Gasteiger partial charge >= 0.3 is 321 Å². The molecular formula is BaCaO18Ti2Zr6. The Morgan fingerprint density at radius 1 is 0.321 bits per heavy atom. The quantitative estimate of drug-likeness (QED) is 0.203. The molecule has 0 aromatic carbocycles. The van der Waals surface area contributed by atoms with Crippen LogP contribution in [-0.4, -0.2) is 86.6 Å². The molecular weight excluding hydrogens is 1110 g/mol. The third-order valence-corrected chi connectivity index (χ3v) is 0. The van der Waals surface area contributed by atoms with Crippen molar-refractivity contribution in [1.29, 1.82) is 0 Å².